The molecule has 0 fully saturated rings. The van der Waals surface area contributed by atoms with Gasteiger partial charge in [-0.15, -0.1) is 0 Å². The van der Waals surface area contributed by atoms with Crippen molar-refractivity contribution in [1.82, 2.24) is 0 Å². The predicted molar refractivity (Wildman–Crippen MR) is 105 cm³/mol. The molecule has 0 aliphatic rings. The minimum atomic E-state index is -0.535. The lowest BCUT2D eigenvalue weighted by molar-refractivity contribution is -0.141. The number of hydrogen-bond acceptors (Lipinski definition) is 6. The third-order valence-electron chi connectivity index (χ3n) is 3.58. The Balaban J connectivity index is 2.47. The predicted octanol–water partition coefficient (Wildman–Crippen LogP) is 4.21. The van der Waals surface area contributed by atoms with Crippen LogP contribution in [0.2, 0.25) is 0 Å². The van der Waals surface area contributed by atoms with Crippen molar-refractivity contribution in [3.05, 3.63) is 71.2 Å². The van der Waals surface area contributed by atoms with Gasteiger partial charge in [-0.05, 0) is 47.5 Å². The molecule has 6 nitrogen and oxygen atoms in total. The summed E-state index contributed by atoms with van der Waals surface area (Å²) in [5.41, 5.74) is 1.48. The van der Waals surface area contributed by atoms with E-state index >= 15 is 0 Å². The Labute approximate surface area is 164 Å². The molecule has 0 N–H and O–H groups in total. The summed E-state index contributed by atoms with van der Waals surface area (Å²) in [5, 5.41) is 0. The van der Waals surface area contributed by atoms with Gasteiger partial charge in [-0.2, -0.15) is 0 Å². The molecule has 0 bridgehead atoms. The number of carbonyl (C=O) groups excluding carboxylic acids is 2. The van der Waals surface area contributed by atoms with Crippen molar-refractivity contribution in [3.63, 3.8) is 0 Å². The highest BCUT2D eigenvalue weighted by Gasteiger charge is 2.14. The van der Waals surface area contributed by atoms with Crippen molar-refractivity contribution < 1.29 is 28.5 Å². The third-order valence-corrected chi connectivity index (χ3v) is 3.58. The first-order valence-electron chi connectivity index (χ1n) is 8.50. The van der Waals surface area contributed by atoms with Gasteiger partial charge in [-0.3, -0.25) is 9.59 Å². The molecule has 0 amide bonds. The largest absolute Gasteiger partial charge is 0.497 e. The van der Waals surface area contributed by atoms with Crippen LogP contribution in [0, 0.1) is 0 Å². The van der Waals surface area contributed by atoms with Crippen molar-refractivity contribution in [2.45, 2.75) is 13.8 Å². The molecule has 0 aromatic heterocycles. The van der Waals surface area contributed by atoms with Gasteiger partial charge in [0.25, 0.3) is 0 Å². The van der Waals surface area contributed by atoms with E-state index in [1.165, 1.54) is 13.8 Å². The first-order valence-corrected chi connectivity index (χ1v) is 8.50. The average molecular weight is 382 g/mol. The Morgan fingerprint density at radius 2 is 0.964 bits per heavy atom. The molecule has 28 heavy (non-hydrogen) atoms. The summed E-state index contributed by atoms with van der Waals surface area (Å²) < 4.78 is 20.9. The molecule has 2 rings (SSSR count). The molecule has 6 heteroatoms. The van der Waals surface area contributed by atoms with Crippen molar-refractivity contribution in [3.8, 4) is 11.5 Å². The number of hydrogen-bond donors (Lipinski definition) is 0. The van der Waals surface area contributed by atoms with Crippen LogP contribution in [0.5, 0.6) is 11.5 Å². The Morgan fingerprint density at radius 3 is 1.21 bits per heavy atom. The van der Waals surface area contributed by atoms with E-state index in [0.29, 0.717) is 11.5 Å². The number of methoxy groups -OCH3 is 2. The Hall–Kier alpha value is -3.54. The van der Waals surface area contributed by atoms with Gasteiger partial charge in [0.1, 0.15) is 11.5 Å². The van der Waals surface area contributed by atoms with Crippen LogP contribution in [0.1, 0.15) is 25.0 Å². The standard InChI is InChI=1S/C22H22O6/c1-15(23)27-21(13-17-5-9-19(25-3)10-6-17)22(28-16(2)24)14-18-7-11-20(26-4)12-8-18/h5-14H,1-4H3/b21-13-,22-14+. The van der Waals surface area contributed by atoms with Crippen LogP contribution >= 0.6 is 0 Å². The quantitative estimate of drug-likeness (QED) is 0.406. The topological polar surface area (TPSA) is 71.1 Å². The summed E-state index contributed by atoms with van der Waals surface area (Å²) in [4.78, 5) is 23.2. The highest BCUT2D eigenvalue weighted by molar-refractivity contribution is 5.75. The lowest BCUT2D eigenvalue weighted by Gasteiger charge is -2.12. The van der Waals surface area contributed by atoms with E-state index in [4.69, 9.17) is 18.9 Å². The number of benzene rings is 2. The Morgan fingerprint density at radius 1 is 0.643 bits per heavy atom. The zero-order valence-corrected chi connectivity index (χ0v) is 16.2. The second-order valence-corrected chi connectivity index (χ2v) is 5.75. The molecule has 146 valence electrons. The zero-order chi connectivity index (χ0) is 20.5. The van der Waals surface area contributed by atoms with Crippen LogP contribution in [0.4, 0.5) is 0 Å². The number of ether oxygens (including phenoxy) is 4. The smallest absolute Gasteiger partial charge is 0.308 e. The van der Waals surface area contributed by atoms with E-state index in [-0.39, 0.29) is 11.5 Å². The van der Waals surface area contributed by atoms with Crippen LogP contribution in [-0.2, 0) is 19.1 Å². The first kappa shape index (κ1) is 20.8. The molecule has 0 unspecified atom stereocenters. The molecular weight excluding hydrogens is 360 g/mol. The molecular formula is C22H22O6. The molecule has 0 saturated heterocycles. The van der Waals surface area contributed by atoms with Crippen LogP contribution in [0.15, 0.2) is 60.0 Å². The van der Waals surface area contributed by atoms with Crippen LogP contribution < -0.4 is 9.47 Å². The van der Waals surface area contributed by atoms with Crippen molar-refractivity contribution in [2.24, 2.45) is 0 Å². The highest BCUT2D eigenvalue weighted by atomic mass is 16.6. The van der Waals surface area contributed by atoms with Crippen LogP contribution in [0.25, 0.3) is 12.2 Å². The van der Waals surface area contributed by atoms with E-state index < -0.39 is 11.9 Å². The summed E-state index contributed by atoms with van der Waals surface area (Å²) in [5.74, 6) is 0.549. The normalized spacial score (nSPS) is 11.6. The van der Waals surface area contributed by atoms with Crippen molar-refractivity contribution in [1.29, 1.82) is 0 Å². The van der Waals surface area contributed by atoms with Crippen molar-refractivity contribution in [2.75, 3.05) is 14.2 Å². The maximum atomic E-state index is 11.6. The fourth-order valence-corrected chi connectivity index (χ4v) is 2.31. The summed E-state index contributed by atoms with van der Waals surface area (Å²) in [6.07, 6.45) is 3.22. The lowest BCUT2D eigenvalue weighted by Crippen LogP contribution is -2.07. The molecule has 0 aliphatic carbocycles. The zero-order valence-electron chi connectivity index (χ0n) is 16.2. The first-order chi connectivity index (χ1) is 13.4. The van der Waals surface area contributed by atoms with Gasteiger partial charge in [-0.1, -0.05) is 24.3 Å². The van der Waals surface area contributed by atoms with Gasteiger partial charge in [0.15, 0.2) is 11.5 Å². The van der Waals surface area contributed by atoms with Gasteiger partial charge in [0.05, 0.1) is 14.2 Å². The average Bonchev–Trinajstić information content (AvgIpc) is 2.67. The summed E-state index contributed by atoms with van der Waals surface area (Å²) >= 11 is 0. The Bertz CT molecular complexity index is 801. The highest BCUT2D eigenvalue weighted by Crippen LogP contribution is 2.23. The SMILES string of the molecule is COc1ccc(/C=C(OC(C)=O)/C(=C\c2ccc(OC)cc2)OC(C)=O)cc1. The van der Waals surface area contributed by atoms with Gasteiger partial charge in [0.2, 0.25) is 0 Å². The molecule has 2 aromatic rings. The molecule has 0 heterocycles. The molecule has 0 saturated carbocycles. The van der Waals surface area contributed by atoms with Gasteiger partial charge >= 0.3 is 11.9 Å². The minimum absolute atomic E-state index is 0.115. The molecule has 0 aliphatic heterocycles. The summed E-state index contributed by atoms with van der Waals surface area (Å²) in [7, 11) is 3.15. The van der Waals surface area contributed by atoms with E-state index in [9.17, 15) is 9.59 Å². The molecule has 2 aromatic carbocycles. The fraction of sp³-hybridized carbons (Fsp3) is 0.182. The van der Waals surface area contributed by atoms with Crippen LogP contribution in [-0.4, -0.2) is 26.2 Å². The lowest BCUT2D eigenvalue weighted by atomic mass is 10.1. The minimum Gasteiger partial charge on any atom is -0.497 e. The summed E-state index contributed by atoms with van der Waals surface area (Å²) in [6.45, 7) is 2.56. The second kappa shape index (κ2) is 9.97. The van der Waals surface area contributed by atoms with E-state index in [1.807, 2.05) is 0 Å². The van der Waals surface area contributed by atoms with Gasteiger partial charge < -0.3 is 18.9 Å². The number of rotatable bonds is 7. The second-order valence-electron chi connectivity index (χ2n) is 5.75. The maximum Gasteiger partial charge on any atom is 0.308 e. The molecule has 0 radical (unpaired) electrons. The van der Waals surface area contributed by atoms with E-state index in [0.717, 1.165) is 11.1 Å². The van der Waals surface area contributed by atoms with Crippen molar-refractivity contribution >= 4 is 24.1 Å². The monoisotopic (exact) mass is 382 g/mol. The third kappa shape index (κ3) is 6.32. The fourth-order valence-electron chi connectivity index (χ4n) is 2.31. The number of carbonyl (C=O) groups is 2. The van der Waals surface area contributed by atoms with Gasteiger partial charge in [0, 0.05) is 13.8 Å². The molecule has 0 spiro atoms. The summed E-state index contributed by atoms with van der Waals surface area (Å²) in [6, 6.07) is 14.3. The maximum absolute atomic E-state index is 11.6. The van der Waals surface area contributed by atoms with Gasteiger partial charge in [-0.25, -0.2) is 0 Å². The molecule has 0 atom stereocenters. The van der Waals surface area contributed by atoms with E-state index in [1.54, 1.807) is 74.9 Å². The van der Waals surface area contributed by atoms with Crippen LogP contribution in [0.3, 0.4) is 0 Å². The number of esters is 2. The van der Waals surface area contributed by atoms with E-state index in [2.05, 4.69) is 0 Å². The Kier molecular flexibility index (Phi) is 7.39.